The highest BCUT2D eigenvalue weighted by Gasteiger charge is 2.26. The summed E-state index contributed by atoms with van der Waals surface area (Å²) in [6.45, 7) is 4.17. The van der Waals surface area contributed by atoms with Crippen molar-refractivity contribution in [3.8, 4) is 10.6 Å². The molecular weight excluding hydrogens is 288 g/mol. The van der Waals surface area contributed by atoms with Crippen LogP contribution in [0.2, 0.25) is 0 Å². The molecule has 1 unspecified atom stereocenters. The number of nitrogen functional groups attached to an aromatic ring is 1. The highest BCUT2D eigenvalue weighted by Crippen LogP contribution is 2.45. The Morgan fingerprint density at radius 3 is 3.15 bits per heavy atom. The molecule has 0 bridgehead atoms. The van der Waals surface area contributed by atoms with Crippen LogP contribution in [0.25, 0.3) is 20.8 Å². The number of fused-ring (bicyclic) bond motifs is 2. The van der Waals surface area contributed by atoms with Gasteiger partial charge in [0.05, 0.1) is 15.9 Å². The predicted molar refractivity (Wildman–Crippen MR) is 85.3 cm³/mol. The fourth-order valence-corrected chi connectivity index (χ4v) is 5.01. The van der Waals surface area contributed by atoms with Gasteiger partial charge in [0.2, 0.25) is 0 Å². The highest BCUT2D eigenvalue weighted by atomic mass is 32.1. The van der Waals surface area contributed by atoms with E-state index in [9.17, 15) is 0 Å². The fraction of sp³-hybridized carbons (Fsp3) is 0.286. The number of nitrogens with two attached hydrogens (primary N) is 1. The third-order valence-corrected chi connectivity index (χ3v) is 5.77. The van der Waals surface area contributed by atoms with Gasteiger partial charge in [-0.2, -0.15) is 0 Å². The number of pyridine rings is 1. The largest absolute Gasteiger partial charge is 0.390 e. The lowest BCUT2D eigenvalue weighted by molar-refractivity contribution is 0.580. The summed E-state index contributed by atoms with van der Waals surface area (Å²) in [5.41, 5.74) is 9.77. The summed E-state index contributed by atoms with van der Waals surface area (Å²) < 4.78 is 1.16. The van der Waals surface area contributed by atoms with Crippen LogP contribution in [0.4, 0.5) is 5.00 Å². The van der Waals surface area contributed by atoms with Crippen molar-refractivity contribution in [1.29, 1.82) is 0 Å². The fourth-order valence-electron chi connectivity index (χ4n) is 2.78. The third kappa shape index (κ3) is 1.76. The van der Waals surface area contributed by atoms with E-state index in [2.05, 4.69) is 17.2 Å². The molecule has 0 fully saturated rings. The van der Waals surface area contributed by atoms with Crippen molar-refractivity contribution >= 4 is 37.9 Å². The zero-order valence-corrected chi connectivity index (χ0v) is 12.6. The normalized spacial score (nSPS) is 18.4. The molecule has 3 aromatic rings. The van der Waals surface area contributed by atoms with Gasteiger partial charge in [-0.25, -0.2) is 4.98 Å². The molecule has 4 rings (SSSR count). The van der Waals surface area contributed by atoms with Gasteiger partial charge < -0.3 is 11.1 Å². The van der Waals surface area contributed by atoms with Gasteiger partial charge in [0, 0.05) is 29.7 Å². The monoisotopic (exact) mass is 302 g/mol. The van der Waals surface area contributed by atoms with Crippen LogP contribution < -0.4 is 11.1 Å². The zero-order valence-electron chi connectivity index (χ0n) is 11.0. The summed E-state index contributed by atoms with van der Waals surface area (Å²) in [7, 11) is 0. The SMILES string of the molecule is CC1CNCc2sc(N)c(-c3nc4cnccc4s3)c21. The lowest BCUT2D eigenvalue weighted by Crippen LogP contribution is -2.25. The molecule has 0 amide bonds. The molecular formula is C14H14N4S2. The maximum atomic E-state index is 6.28. The van der Waals surface area contributed by atoms with Crippen LogP contribution in [-0.2, 0) is 6.54 Å². The third-order valence-electron chi connectivity index (χ3n) is 3.68. The summed E-state index contributed by atoms with van der Waals surface area (Å²) >= 11 is 3.39. The molecule has 0 saturated carbocycles. The summed E-state index contributed by atoms with van der Waals surface area (Å²) in [6, 6.07) is 2.01. The maximum Gasteiger partial charge on any atom is 0.127 e. The van der Waals surface area contributed by atoms with Crippen LogP contribution in [0, 0.1) is 0 Å². The molecule has 4 heterocycles. The van der Waals surface area contributed by atoms with Crippen LogP contribution >= 0.6 is 22.7 Å². The molecule has 102 valence electrons. The summed E-state index contributed by atoms with van der Waals surface area (Å²) in [5.74, 6) is 0.479. The van der Waals surface area contributed by atoms with Crippen LogP contribution in [-0.4, -0.2) is 16.5 Å². The smallest absolute Gasteiger partial charge is 0.127 e. The number of thiazole rings is 1. The van der Waals surface area contributed by atoms with Gasteiger partial charge in [-0.05, 0) is 17.5 Å². The molecule has 0 spiro atoms. The Morgan fingerprint density at radius 2 is 2.30 bits per heavy atom. The van der Waals surface area contributed by atoms with Gasteiger partial charge in [0.1, 0.15) is 10.5 Å². The van der Waals surface area contributed by atoms with Gasteiger partial charge >= 0.3 is 0 Å². The number of rotatable bonds is 1. The molecule has 4 nitrogen and oxygen atoms in total. The second-order valence-corrected chi connectivity index (χ2v) is 7.24. The molecule has 0 saturated heterocycles. The van der Waals surface area contributed by atoms with Crippen molar-refractivity contribution in [3.05, 3.63) is 28.9 Å². The van der Waals surface area contributed by atoms with Crippen molar-refractivity contribution in [3.63, 3.8) is 0 Å². The van der Waals surface area contributed by atoms with Gasteiger partial charge in [-0.15, -0.1) is 22.7 Å². The first kappa shape index (κ1) is 12.3. The van der Waals surface area contributed by atoms with E-state index < -0.39 is 0 Å². The molecule has 3 aromatic heterocycles. The van der Waals surface area contributed by atoms with Gasteiger partial charge in [-0.3, -0.25) is 4.98 Å². The lowest BCUT2D eigenvalue weighted by atomic mass is 9.94. The predicted octanol–water partition coefficient (Wildman–Crippen LogP) is 3.21. The first-order chi connectivity index (χ1) is 9.74. The molecule has 6 heteroatoms. The van der Waals surface area contributed by atoms with E-state index >= 15 is 0 Å². The summed E-state index contributed by atoms with van der Waals surface area (Å²) in [5, 5.41) is 5.35. The molecule has 20 heavy (non-hydrogen) atoms. The zero-order chi connectivity index (χ0) is 13.7. The second kappa shape index (κ2) is 4.51. The van der Waals surface area contributed by atoms with E-state index in [0.29, 0.717) is 5.92 Å². The minimum absolute atomic E-state index is 0.479. The van der Waals surface area contributed by atoms with E-state index in [1.807, 2.05) is 18.5 Å². The number of aromatic nitrogens is 2. The molecule has 1 aliphatic rings. The van der Waals surface area contributed by atoms with Crippen LogP contribution in [0.15, 0.2) is 18.5 Å². The highest BCUT2D eigenvalue weighted by molar-refractivity contribution is 7.22. The van der Waals surface area contributed by atoms with Crippen LogP contribution in [0.1, 0.15) is 23.3 Å². The Hall–Kier alpha value is -1.50. The maximum absolute atomic E-state index is 6.28. The minimum atomic E-state index is 0.479. The molecule has 3 N–H and O–H groups in total. The van der Waals surface area contributed by atoms with Gasteiger partial charge in [0.25, 0.3) is 0 Å². The lowest BCUT2D eigenvalue weighted by Gasteiger charge is -2.20. The Labute approximate surface area is 124 Å². The number of hydrogen-bond acceptors (Lipinski definition) is 6. The van der Waals surface area contributed by atoms with E-state index in [0.717, 1.165) is 38.9 Å². The van der Waals surface area contributed by atoms with Crippen molar-refractivity contribution in [1.82, 2.24) is 15.3 Å². The van der Waals surface area contributed by atoms with Crippen LogP contribution in [0.5, 0.6) is 0 Å². The Morgan fingerprint density at radius 1 is 1.40 bits per heavy atom. The molecule has 1 atom stereocenters. The average Bonchev–Trinajstić information content (AvgIpc) is 2.99. The number of anilines is 1. The minimum Gasteiger partial charge on any atom is -0.390 e. The van der Waals surface area contributed by atoms with Gasteiger partial charge in [0.15, 0.2) is 0 Å². The van der Waals surface area contributed by atoms with E-state index in [1.54, 1.807) is 22.7 Å². The summed E-state index contributed by atoms with van der Waals surface area (Å²) in [4.78, 5) is 10.2. The number of hydrogen-bond donors (Lipinski definition) is 2. The molecule has 0 aromatic carbocycles. The van der Waals surface area contributed by atoms with E-state index in [-0.39, 0.29) is 0 Å². The first-order valence-corrected chi connectivity index (χ1v) is 8.20. The Balaban J connectivity index is 1.95. The Kier molecular flexibility index (Phi) is 2.76. The Bertz CT molecular complexity index is 757. The van der Waals surface area contributed by atoms with Gasteiger partial charge in [-0.1, -0.05) is 6.92 Å². The van der Waals surface area contributed by atoms with E-state index in [1.165, 1.54) is 10.4 Å². The van der Waals surface area contributed by atoms with Crippen LogP contribution in [0.3, 0.4) is 0 Å². The standard InChI is InChI=1S/C14H14N4S2/c1-7-4-17-6-10-11(7)12(13(15)19-10)14-18-8-5-16-3-2-9(8)20-14/h2-3,5,7,17H,4,6,15H2,1H3. The quantitative estimate of drug-likeness (QED) is 0.724. The number of thiophene rings is 1. The first-order valence-electron chi connectivity index (χ1n) is 6.56. The van der Waals surface area contributed by atoms with Crippen molar-refractivity contribution in [2.45, 2.75) is 19.4 Å². The van der Waals surface area contributed by atoms with Crippen molar-refractivity contribution in [2.24, 2.45) is 0 Å². The van der Waals surface area contributed by atoms with Crippen molar-refractivity contribution < 1.29 is 0 Å². The molecule has 0 radical (unpaired) electrons. The second-order valence-electron chi connectivity index (χ2n) is 5.07. The van der Waals surface area contributed by atoms with Crippen molar-refractivity contribution in [2.75, 3.05) is 12.3 Å². The number of nitrogens with one attached hydrogen (secondary N) is 1. The molecule has 1 aliphatic heterocycles. The van der Waals surface area contributed by atoms with E-state index in [4.69, 9.17) is 10.7 Å². The molecule has 0 aliphatic carbocycles. The average molecular weight is 302 g/mol. The topological polar surface area (TPSA) is 63.8 Å². The summed E-state index contributed by atoms with van der Waals surface area (Å²) in [6.07, 6.45) is 3.62. The number of nitrogens with zero attached hydrogens (tertiary/aromatic N) is 2.